The minimum absolute atomic E-state index is 0.611. The second kappa shape index (κ2) is 15.1. The molecule has 0 N–H and O–H groups in total. The van der Waals surface area contributed by atoms with Crippen LogP contribution in [0.4, 0.5) is 0 Å². The molecule has 2 aromatic carbocycles. The van der Waals surface area contributed by atoms with Crippen LogP contribution in [0, 0.1) is 0 Å². The molecule has 0 atom stereocenters. The van der Waals surface area contributed by atoms with Gasteiger partial charge in [0.1, 0.15) is 0 Å². The van der Waals surface area contributed by atoms with E-state index in [0.717, 1.165) is 0 Å². The molecule has 0 aliphatic carbocycles. The van der Waals surface area contributed by atoms with Crippen LogP contribution in [-0.2, 0) is 21.6 Å². The van der Waals surface area contributed by atoms with Gasteiger partial charge in [-0.15, -0.1) is 0 Å². The van der Waals surface area contributed by atoms with Crippen molar-refractivity contribution in [1.82, 2.24) is 0 Å². The first-order chi connectivity index (χ1) is 12.4. The molecule has 0 spiro atoms. The topological polar surface area (TPSA) is 34.1 Å². The number of rotatable bonds is 4. The van der Waals surface area contributed by atoms with Gasteiger partial charge in [-0.2, -0.15) is 0 Å². The van der Waals surface area contributed by atoms with Crippen molar-refractivity contribution in [2.45, 2.75) is 2.45 Å². The van der Waals surface area contributed by atoms with Crippen LogP contribution in [0.25, 0.3) is 0 Å². The predicted octanol–water partition coefficient (Wildman–Crippen LogP) is 4.79. The molecule has 0 aliphatic heterocycles. The van der Waals surface area contributed by atoms with E-state index in [1.807, 2.05) is 0 Å². The summed E-state index contributed by atoms with van der Waals surface area (Å²) in [6.07, 6.45) is 6.56. The molecule has 0 radical (unpaired) electrons. The third kappa shape index (κ3) is 14.8. The molecule has 0 saturated carbocycles. The van der Waals surface area contributed by atoms with Crippen LogP contribution in [0.2, 0.25) is 2.45 Å². The van der Waals surface area contributed by atoms with Crippen LogP contribution in [0.5, 0.6) is 0 Å². The zero-order valence-electron chi connectivity index (χ0n) is 15.6. The first-order valence-electron chi connectivity index (χ1n) is 7.75. The first-order valence-corrected chi connectivity index (χ1v) is 44.2. The Balaban J connectivity index is 0.000000718. The Bertz CT molecular complexity index is 648. The summed E-state index contributed by atoms with van der Waals surface area (Å²) in [6, 6.07) is 21.5. The molecule has 0 bridgehead atoms. The molecule has 0 amide bonds. The predicted molar refractivity (Wildman–Crippen MR) is 144 cm³/mol. The summed E-state index contributed by atoms with van der Waals surface area (Å²) >= 11 is 11.0. The molecule has 0 aromatic heterocycles. The maximum atomic E-state index is 9.56. The number of hydrogen-bond acceptors (Lipinski definition) is 2. The van der Waals surface area contributed by atoms with Crippen molar-refractivity contribution in [3.8, 4) is 0 Å². The van der Waals surface area contributed by atoms with E-state index in [2.05, 4.69) is 111 Å². The van der Waals surface area contributed by atoms with Crippen molar-refractivity contribution in [1.29, 1.82) is 0 Å². The fourth-order valence-corrected chi connectivity index (χ4v) is 177. The van der Waals surface area contributed by atoms with Crippen molar-refractivity contribution in [3.05, 3.63) is 60.7 Å². The Labute approximate surface area is 200 Å². The maximum absolute atomic E-state index is 9.56. The molecule has 0 fully saturated rings. The van der Waals surface area contributed by atoms with Crippen LogP contribution in [0.3, 0.4) is 0 Å². The second-order valence-electron chi connectivity index (χ2n) is 5.80. The molecule has 2 nitrogen and oxygen atoms in total. The number of benzene rings is 2. The third-order valence-corrected chi connectivity index (χ3v) is 91.8. The molecule has 152 valence electrons. The molecule has 2 rings (SSSR count). The van der Waals surface area contributed by atoms with E-state index in [4.69, 9.17) is 0 Å². The summed E-state index contributed by atoms with van der Waals surface area (Å²) in [6.45, 7) is 0. The van der Waals surface area contributed by atoms with Crippen LogP contribution in [0.15, 0.2) is 60.7 Å². The second-order valence-corrected chi connectivity index (χ2v) is 78.5. The zero-order valence-corrected chi connectivity index (χ0v) is 29.3. The van der Waals surface area contributed by atoms with Crippen molar-refractivity contribution in [2.24, 2.45) is 0 Å². The Kier molecular flexibility index (Phi) is 16.4. The third-order valence-electron chi connectivity index (χ3n) is 2.84. The molecular formula is C17H24Br4O2S2Sn2. The van der Waals surface area contributed by atoms with Gasteiger partial charge in [-0.25, -0.2) is 0 Å². The van der Waals surface area contributed by atoms with E-state index >= 15 is 0 Å². The summed E-state index contributed by atoms with van der Waals surface area (Å²) in [4.78, 5) is 0. The van der Waals surface area contributed by atoms with Crippen molar-refractivity contribution < 1.29 is 8.42 Å². The van der Waals surface area contributed by atoms with E-state index < -0.39 is 49.5 Å². The normalized spacial score (nSPS) is 11.3. The van der Waals surface area contributed by atoms with Gasteiger partial charge in [-0.1, -0.05) is 0 Å². The van der Waals surface area contributed by atoms with Gasteiger partial charge in [0.2, 0.25) is 0 Å². The van der Waals surface area contributed by atoms with E-state index in [1.165, 1.54) is 9.61 Å². The Morgan fingerprint density at radius 2 is 0.852 bits per heavy atom. The summed E-state index contributed by atoms with van der Waals surface area (Å²) in [5, 5.41) is 0. The summed E-state index contributed by atoms with van der Waals surface area (Å²) in [7, 11) is -1.22. The average molecular weight is 882 g/mol. The van der Waals surface area contributed by atoms with E-state index in [0.29, 0.717) is 0 Å². The summed E-state index contributed by atoms with van der Waals surface area (Å²) < 4.78 is 23.2. The van der Waals surface area contributed by atoms with Gasteiger partial charge in [0.15, 0.2) is 0 Å². The molecule has 0 unspecified atom stereocenters. The Morgan fingerprint density at radius 3 is 1.07 bits per heavy atom. The van der Waals surface area contributed by atoms with Gasteiger partial charge in [0.25, 0.3) is 0 Å². The molecule has 0 heterocycles. The van der Waals surface area contributed by atoms with Gasteiger partial charge in [-0.05, 0) is 0 Å². The first kappa shape index (κ1) is 29.3. The van der Waals surface area contributed by atoms with Crippen molar-refractivity contribution >= 4 is 107 Å². The van der Waals surface area contributed by atoms with Crippen LogP contribution in [-0.4, -0.2) is 61.3 Å². The standard InChI is InChI=1S/2C6H5.2C2H6OS.CH2.4BrH.2Sn/c2*1-2-4-6-5-3-1;2*1-4(2)3;;;;;;;/h2*1-5H;2*1-2H3;1H2;4*1H;;/q;;;;;;;;;2*+2/p-4. The van der Waals surface area contributed by atoms with E-state index in [1.54, 1.807) is 25.0 Å². The quantitative estimate of drug-likeness (QED) is 0.415. The van der Waals surface area contributed by atoms with Gasteiger partial charge in [0.05, 0.1) is 0 Å². The molecule has 0 saturated heterocycles. The molecule has 10 heteroatoms. The molecular weight excluding hydrogens is 857 g/mol. The average Bonchev–Trinajstić information content (AvgIpc) is 2.54. The SMILES string of the molecule is CS(C)=O.CS(C)=O.[Br][Sn]([Br])([CH2][Sn]([Br])([Br])[c]1ccccc1)[c]1ccccc1. The minimum atomic E-state index is -2.58. The van der Waals surface area contributed by atoms with Crippen LogP contribution in [0.1, 0.15) is 0 Å². The monoisotopic (exact) mass is 880 g/mol. The van der Waals surface area contributed by atoms with Gasteiger partial charge < -0.3 is 0 Å². The Hall–Kier alpha value is 2.26. The van der Waals surface area contributed by atoms with Crippen LogP contribution < -0.4 is 7.16 Å². The van der Waals surface area contributed by atoms with E-state index in [-0.39, 0.29) is 0 Å². The van der Waals surface area contributed by atoms with Gasteiger partial charge in [-0.3, -0.25) is 8.42 Å². The fraction of sp³-hybridized carbons (Fsp3) is 0.294. The zero-order chi connectivity index (χ0) is 21.1. The number of hydrogen-bond donors (Lipinski definition) is 0. The molecule has 2 aromatic rings. The molecule has 27 heavy (non-hydrogen) atoms. The Morgan fingerprint density at radius 1 is 0.630 bits per heavy atom. The summed E-state index contributed by atoms with van der Waals surface area (Å²) in [5.41, 5.74) is 0. The van der Waals surface area contributed by atoms with E-state index in [9.17, 15) is 8.42 Å². The number of halogens is 4. The van der Waals surface area contributed by atoms with Crippen LogP contribution >= 0.6 is 50.8 Å². The fourth-order valence-electron chi connectivity index (χ4n) is 1.85. The van der Waals surface area contributed by atoms with Crippen molar-refractivity contribution in [2.75, 3.05) is 25.0 Å². The molecule has 0 aliphatic rings. The van der Waals surface area contributed by atoms with Crippen molar-refractivity contribution in [3.63, 3.8) is 0 Å². The van der Waals surface area contributed by atoms with Gasteiger partial charge in [0, 0.05) is 46.6 Å². The van der Waals surface area contributed by atoms with Gasteiger partial charge >= 0.3 is 149 Å². The summed E-state index contributed by atoms with van der Waals surface area (Å²) in [5.74, 6) is 0.